The van der Waals surface area contributed by atoms with Crippen LogP contribution in [-0.4, -0.2) is 9.38 Å². The summed E-state index contributed by atoms with van der Waals surface area (Å²) in [4.78, 5) is 4.45. The molecule has 0 atom stereocenters. The smallest absolute Gasteiger partial charge is 0.237 e. The van der Waals surface area contributed by atoms with E-state index in [2.05, 4.69) is 33.6 Å². The Morgan fingerprint density at radius 2 is 2.06 bits per heavy atom. The van der Waals surface area contributed by atoms with E-state index >= 15 is 0 Å². The lowest BCUT2D eigenvalue weighted by molar-refractivity contribution is 0.606. The molecule has 3 rings (SSSR count). The Hall–Kier alpha value is -1.81. The molecule has 0 saturated heterocycles. The van der Waals surface area contributed by atoms with Crippen molar-refractivity contribution < 1.29 is 4.42 Å². The largest absolute Gasteiger partial charge is 0.444 e. The highest BCUT2D eigenvalue weighted by Gasteiger charge is 2.12. The first-order valence-electron chi connectivity index (χ1n) is 4.91. The fourth-order valence-corrected chi connectivity index (χ4v) is 2.30. The van der Waals surface area contributed by atoms with Gasteiger partial charge in [-0.05, 0) is 46.9 Å². The van der Waals surface area contributed by atoms with E-state index in [1.165, 1.54) is 0 Å². The summed E-state index contributed by atoms with van der Waals surface area (Å²) in [5.74, 6) is 0.822. The lowest BCUT2D eigenvalue weighted by Crippen LogP contribution is -1.86. The van der Waals surface area contributed by atoms with Crippen LogP contribution in [0.15, 0.2) is 41.1 Å². The fourth-order valence-electron chi connectivity index (χ4n) is 1.69. The van der Waals surface area contributed by atoms with Crippen molar-refractivity contribution in [1.29, 1.82) is 5.26 Å². The van der Waals surface area contributed by atoms with Crippen LogP contribution in [0.25, 0.3) is 17.1 Å². The second kappa shape index (κ2) is 3.89. The number of rotatable bonds is 1. The minimum absolute atomic E-state index is 0.642. The molecule has 0 fully saturated rings. The van der Waals surface area contributed by atoms with Gasteiger partial charge in [-0.15, -0.1) is 0 Å². The summed E-state index contributed by atoms with van der Waals surface area (Å²) >= 11 is 2.14. The highest BCUT2D eigenvalue weighted by molar-refractivity contribution is 14.1. The number of aromatic nitrogens is 2. The highest BCUT2D eigenvalue weighted by Crippen LogP contribution is 2.24. The zero-order chi connectivity index (χ0) is 11.8. The van der Waals surface area contributed by atoms with Gasteiger partial charge in [-0.25, -0.2) is 4.98 Å². The molecule has 0 N–H and O–H groups in total. The van der Waals surface area contributed by atoms with E-state index in [0.29, 0.717) is 5.56 Å². The maximum absolute atomic E-state index is 8.75. The third-order valence-electron chi connectivity index (χ3n) is 2.49. The van der Waals surface area contributed by atoms with E-state index in [-0.39, 0.29) is 0 Å². The van der Waals surface area contributed by atoms with Gasteiger partial charge in [-0.3, -0.25) is 4.40 Å². The average Bonchev–Trinajstić information content (AvgIpc) is 2.94. The summed E-state index contributed by atoms with van der Waals surface area (Å²) in [5.41, 5.74) is 2.34. The van der Waals surface area contributed by atoms with E-state index in [9.17, 15) is 0 Å². The first-order chi connectivity index (χ1) is 8.29. The average molecular weight is 335 g/mol. The van der Waals surface area contributed by atoms with Crippen molar-refractivity contribution in [3.05, 3.63) is 46.0 Å². The van der Waals surface area contributed by atoms with Gasteiger partial charge in [0.05, 0.1) is 11.6 Å². The van der Waals surface area contributed by atoms with Crippen molar-refractivity contribution in [1.82, 2.24) is 9.38 Å². The number of benzene rings is 1. The molecular weight excluding hydrogens is 329 g/mol. The van der Waals surface area contributed by atoms with E-state index in [0.717, 1.165) is 20.8 Å². The maximum atomic E-state index is 8.75. The van der Waals surface area contributed by atoms with Crippen molar-refractivity contribution in [2.24, 2.45) is 0 Å². The number of hydrogen-bond acceptors (Lipinski definition) is 3. The van der Waals surface area contributed by atoms with Crippen LogP contribution >= 0.6 is 22.6 Å². The molecule has 0 spiro atoms. The number of nitrogens with zero attached hydrogens (tertiary/aromatic N) is 3. The molecule has 0 radical (unpaired) electrons. The summed E-state index contributed by atoms with van der Waals surface area (Å²) in [7, 11) is 0. The number of fused-ring (bicyclic) bond motifs is 1. The molecule has 0 bridgehead atoms. The molecule has 5 heteroatoms. The fraction of sp³-hybridized carbons (Fsp3) is 0. The Morgan fingerprint density at radius 1 is 1.29 bits per heavy atom. The van der Waals surface area contributed by atoms with E-state index in [1.807, 2.05) is 22.7 Å². The zero-order valence-electron chi connectivity index (χ0n) is 8.59. The number of nitriles is 1. The molecule has 0 unspecified atom stereocenters. The molecule has 2 heterocycles. The SMILES string of the molecule is N#Cc1ccc(-c2nc(I)c3occn23)cc1. The van der Waals surface area contributed by atoms with Gasteiger partial charge in [0, 0.05) is 11.8 Å². The van der Waals surface area contributed by atoms with Crippen LogP contribution < -0.4 is 0 Å². The van der Waals surface area contributed by atoms with Gasteiger partial charge in [0.25, 0.3) is 0 Å². The van der Waals surface area contributed by atoms with Gasteiger partial charge in [-0.1, -0.05) is 0 Å². The highest BCUT2D eigenvalue weighted by atomic mass is 127. The second-order valence-corrected chi connectivity index (χ2v) is 4.52. The number of imidazole rings is 1. The molecule has 82 valence electrons. The Balaban J connectivity index is 2.20. The predicted molar refractivity (Wildman–Crippen MR) is 70.3 cm³/mol. The molecule has 1 aromatic carbocycles. The minimum Gasteiger partial charge on any atom is -0.444 e. The van der Waals surface area contributed by atoms with E-state index in [4.69, 9.17) is 9.68 Å². The van der Waals surface area contributed by atoms with Crippen molar-refractivity contribution in [2.45, 2.75) is 0 Å². The Kier molecular flexibility index (Phi) is 2.37. The van der Waals surface area contributed by atoms with Crippen molar-refractivity contribution in [3.8, 4) is 17.5 Å². The van der Waals surface area contributed by atoms with Crippen LogP contribution in [0.4, 0.5) is 0 Å². The number of oxazole rings is 1. The van der Waals surface area contributed by atoms with E-state index < -0.39 is 0 Å². The van der Waals surface area contributed by atoms with Gasteiger partial charge < -0.3 is 4.42 Å². The van der Waals surface area contributed by atoms with Gasteiger partial charge in [0.2, 0.25) is 5.71 Å². The van der Waals surface area contributed by atoms with Crippen LogP contribution in [0.5, 0.6) is 0 Å². The zero-order valence-corrected chi connectivity index (χ0v) is 10.7. The Bertz CT molecular complexity index is 718. The van der Waals surface area contributed by atoms with Crippen LogP contribution in [0.2, 0.25) is 0 Å². The molecule has 2 aromatic heterocycles. The molecule has 0 aliphatic heterocycles. The topological polar surface area (TPSA) is 54.2 Å². The lowest BCUT2D eigenvalue weighted by Gasteiger charge is -1.97. The molecule has 0 amide bonds. The molecule has 0 saturated carbocycles. The third kappa shape index (κ3) is 1.61. The Morgan fingerprint density at radius 3 is 2.76 bits per heavy atom. The molecule has 0 aliphatic carbocycles. The summed E-state index contributed by atoms with van der Waals surface area (Å²) in [6, 6.07) is 9.43. The van der Waals surface area contributed by atoms with Gasteiger partial charge in [0.15, 0.2) is 3.70 Å². The lowest BCUT2D eigenvalue weighted by atomic mass is 10.1. The summed E-state index contributed by atoms with van der Waals surface area (Å²) in [5, 5.41) is 8.75. The minimum atomic E-state index is 0.642. The molecular formula is C12H6IN3O. The summed E-state index contributed by atoms with van der Waals surface area (Å²) < 4.78 is 8.05. The number of hydrogen-bond donors (Lipinski definition) is 0. The monoisotopic (exact) mass is 335 g/mol. The molecule has 0 aliphatic rings. The van der Waals surface area contributed by atoms with Crippen molar-refractivity contribution in [2.75, 3.05) is 0 Å². The summed E-state index contributed by atoms with van der Waals surface area (Å²) in [6.07, 6.45) is 3.46. The van der Waals surface area contributed by atoms with Crippen LogP contribution in [0.1, 0.15) is 5.56 Å². The van der Waals surface area contributed by atoms with Crippen molar-refractivity contribution in [3.63, 3.8) is 0 Å². The maximum Gasteiger partial charge on any atom is 0.237 e. The van der Waals surface area contributed by atoms with Gasteiger partial charge >= 0.3 is 0 Å². The van der Waals surface area contributed by atoms with Crippen LogP contribution in [0, 0.1) is 15.0 Å². The molecule has 3 aromatic rings. The predicted octanol–water partition coefficient (Wildman–Crippen LogP) is 3.07. The Labute approximate surface area is 111 Å². The first-order valence-corrected chi connectivity index (χ1v) is 5.99. The van der Waals surface area contributed by atoms with Crippen molar-refractivity contribution >= 4 is 28.3 Å². The third-order valence-corrected chi connectivity index (χ3v) is 3.19. The number of halogens is 1. The quantitative estimate of drug-likeness (QED) is 0.642. The normalized spacial score (nSPS) is 10.6. The van der Waals surface area contributed by atoms with Crippen LogP contribution in [-0.2, 0) is 0 Å². The van der Waals surface area contributed by atoms with Gasteiger partial charge in [0.1, 0.15) is 12.1 Å². The van der Waals surface area contributed by atoms with E-state index in [1.54, 1.807) is 18.4 Å². The second-order valence-electron chi connectivity index (χ2n) is 3.49. The first kappa shape index (κ1) is 10.4. The standard InChI is InChI=1S/C12H6IN3O/c13-10-12-16(5-6-17-12)11(15-10)9-3-1-8(7-14)2-4-9/h1-6H. The van der Waals surface area contributed by atoms with Crippen LogP contribution in [0.3, 0.4) is 0 Å². The molecule has 4 nitrogen and oxygen atoms in total. The van der Waals surface area contributed by atoms with Gasteiger partial charge in [-0.2, -0.15) is 5.26 Å². The molecule has 17 heavy (non-hydrogen) atoms. The summed E-state index contributed by atoms with van der Waals surface area (Å²) in [6.45, 7) is 0.